The minimum atomic E-state index is -0.890. The molecular formula is C14H24N2O5. The van der Waals surface area contributed by atoms with E-state index in [4.69, 9.17) is 9.84 Å². The Morgan fingerprint density at radius 2 is 2.05 bits per heavy atom. The van der Waals surface area contributed by atoms with Crippen LogP contribution in [0.2, 0.25) is 0 Å². The summed E-state index contributed by atoms with van der Waals surface area (Å²) in [6, 6.07) is -1.11. The number of piperidine rings is 1. The molecule has 1 aliphatic heterocycles. The third kappa shape index (κ3) is 5.24. The predicted octanol–water partition coefficient (Wildman–Crippen LogP) is 1.08. The molecule has 1 aliphatic rings. The lowest BCUT2D eigenvalue weighted by molar-refractivity contribution is -0.144. The molecule has 0 bridgehead atoms. The zero-order valence-electron chi connectivity index (χ0n) is 12.8. The fraction of sp³-hybridized carbons (Fsp3) is 0.786. The van der Waals surface area contributed by atoms with Crippen LogP contribution in [-0.4, -0.2) is 54.2 Å². The van der Waals surface area contributed by atoms with Gasteiger partial charge in [-0.15, -0.1) is 0 Å². The molecule has 2 unspecified atom stereocenters. The molecule has 0 aromatic heterocycles. The molecule has 0 aromatic carbocycles. The van der Waals surface area contributed by atoms with Crippen LogP contribution >= 0.6 is 0 Å². The predicted molar refractivity (Wildman–Crippen MR) is 75.7 cm³/mol. The van der Waals surface area contributed by atoms with Crippen LogP contribution in [0.1, 0.15) is 33.1 Å². The number of aliphatic carboxylic acids is 1. The maximum atomic E-state index is 12.2. The van der Waals surface area contributed by atoms with Gasteiger partial charge in [-0.3, -0.25) is 4.79 Å². The van der Waals surface area contributed by atoms with Crippen molar-refractivity contribution in [3.05, 3.63) is 0 Å². The molecule has 0 aromatic rings. The molecule has 120 valence electrons. The second-order valence-corrected chi connectivity index (χ2v) is 5.78. The molecular weight excluding hydrogens is 276 g/mol. The normalized spacial score (nSPS) is 20.0. The largest absolute Gasteiger partial charge is 0.481 e. The first-order valence-corrected chi connectivity index (χ1v) is 7.21. The first-order valence-electron chi connectivity index (χ1n) is 7.21. The Morgan fingerprint density at radius 3 is 2.57 bits per heavy atom. The van der Waals surface area contributed by atoms with Crippen LogP contribution in [0, 0.1) is 11.8 Å². The maximum absolute atomic E-state index is 12.2. The number of hydrogen-bond acceptors (Lipinski definition) is 4. The van der Waals surface area contributed by atoms with Crippen molar-refractivity contribution in [3.63, 3.8) is 0 Å². The lowest BCUT2D eigenvalue weighted by Crippen LogP contribution is -2.52. The van der Waals surface area contributed by atoms with Crippen LogP contribution in [0.5, 0.6) is 0 Å². The van der Waals surface area contributed by atoms with E-state index in [9.17, 15) is 14.4 Å². The third-order valence-electron chi connectivity index (χ3n) is 3.55. The van der Waals surface area contributed by atoms with Crippen molar-refractivity contribution in [1.29, 1.82) is 0 Å². The van der Waals surface area contributed by atoms with E-state index in [1.807, 2.05) is 13.8 Å². The van der Waals surface area contributed by atoms with Gasteiger partial charge >= 0.3 is 18.0 Å². The van der Waals surface area contributed by atoms with Crippen LogP contribution in [0.3, 0.4) is 0 Å². The summed E-state index contributed by atoms with van der Waals surface area (Å²) in [5.74, 6) is -1.68. The van der Waals surface area contributed by atoms with Gasteiger partial charge < -0.3 is 20.1 Å². The molecule has 0 aliphatic carbocycles. The number of urea groups is 1. The number of likely N-dealkylation sites (tertiary alicyclic amines) is 1. The second kappa shape index (κ2) is 7.85. The highest BCUT2D eigenvalue weighted by molar-refractivity contribution is 5.84. The highest BCUT2D eigenvalue weighted by Gasteiger charge is 2.30. The van der Waals surface area contributed by atoms with Gasteiger partial charge in [-0.1, -0.05) is 13.8 Å². The van der Waals surface area contributed by atoms with E-state index in [0.717, 1.165) is 0 Å². The standard InChI is InChI=1S/C14H24N2O5/c1-9(2)7-11(13(19)21-3)15-14(20)16-6-4-5-10(8-16)12(17)18/h9-11H,4-8H2,1-3H3,(H,15,20)(H,17,18). The number of nitrogens with zero attached hydrogens (tertiary/aromatic N) is 1. The highest BCUT2D eigenvalue weighted by atomic mass is 16.5. The number of carbonyl (C=O) groups excluding carboxylic acids is 2. The highest BCUT2D eigenvalue weighted by Crippen LogP contribution is 2.17. The molecule has 2 N–H and O–H groups in total. The van der Waals surface area contributed by atoms with Gasteiger partial charge in [0.15, 0.2) is 0 Å². The van der Waals surface area contributed by atoms with Crippen molar-refractivity contribution in [2.75, 3.05) is 20.2 Å². The summed E-state index contributed by atoms with van der Waals surface area (Å²) in [6.07, 6.45) is 1.71. The Hall–Kier alpha value is -1.79. The average Bonchev–Trinajstić information content (AvgIpc) is 2.45. The lowest BCUT2D eigenvalue weighted by atomic mass is 9.98. The summed E-state index contributed by atoms with van der Waals surface area (Å²) >= 11 is 0. The lowest BCUT2D eigenvalue weighted by Gasteiger charge is -2.32. The number of carboxylic acids is 1. The van der Waals surface area contributed by atoms with E-state index < -0.39 is 29.9 Å². The van der Waals surface area contributed by atoms with Gasteiger partial charge in [0, 0.05) is 13.1 Å². The molecule has 1 rings (SSSR count). The van der Waals surface area contributed by atoms with Crippen molar-refractivity contribution < 1.29 is 24.2 Å². The minimum Gasteiger partial charge on any atom is -0.481 e. The van der Waals surface area contributed by atoms with Crippen molar-refractivity contribution in [2.45, 2.75) is 39.2 Å². The summed E-state index contributed by atoms with van der Waals surface area (Å²) in [5.41, 5.74) is 0. The molecule has 7 nitrogen and oxygen atoms in total. The van der Waals surface area contributed by atoms with Crippen LogP contribution in [0.15, 0.2) is 0 Å². The number of carboxylic acid groups (broad SMARTS) is 1. The van der Waals surface area contributed by atoms with Crippen molar-refractivity contribution in [1.82, 2.24) is 10.2 Å². The van der Waals surface area contributed by atoms with Crippen molar-refractivity contribution >= 4 is 18.0 Å². The Bertz CT molecular complexity index is 397. The van der Waals surface area contributed by atoms with E-state index in [1.54, 1.807) is 0 Å². The fourth-order valence-electron chi connectivity index (χ4n) is 2.43. The number of methoxy groups -OCH3 is 1. The molecule has 2 amide bonds. The first kappa shape index (κ1) is 17.3. The molecule has 1 heterocycles. The Balaban J connectivity index is 2.63. The molecule has 0 spiro atoms. The van der Waals surface area contributed by atoms with Gasteiger partial charge in [-0.05, 0) is 25.2 Å². The summed E-state index contributed by atoms with van der Waals surface area (Å²) in [4.78, 5) is 36.4. The second-order valence-electron chi connectivity index (χ2n) is 5.78. The van der Waals surface area contributed by atoms with Crippen LogP contribution in [0.4, 0.5) is 4.79 Å². The number of esters is 1. The molecule has 0 radical (unpaired) electrons. The maximum Gasteiger partial charge on any atom is 0.328 e. The van der Waals surface area contributed by atoms with E-state index in [1.165, 1.54) is 12.0 Å². The van der Waals surface area contributed by atoms with Crippen molar-refractivity contribution in [2.24, 2.45) is 11.8 Å². The van der Waals surface area contributed by atoms with Gasteiger partial charge in [0.1, 0.15) is 6.04 Å². The molecule has 1 fully saturated rings. The molecule has 1 saturated heterocycles. The van der Waals surface area contributed by atoms with Gasteiger partial charge in [0.25, 0.3) is 0 Å². The first-order chi connectivity index (χ1) is 9.85. The van der Waals surface area contributed by atoms with Gasteiger partial charge in [0.2, 0.25) is 0 Å². The number of hydrogen-bond donors (Lipinski definition) is 2. The van der Waals surface area contributed by atoms with E-state index in [0.29, 0.717) is 25.8 Å². The zero-order valence-corrected chi connectivity index (χ0v) is 12.8. The zero-order chi connectivity index (χ0) is 16.0. The van der Waals surface area contributed by atoms with Gasteiger partial charge in [-0.25, -0.2) is 9.59 Å². The van der Waals surface area contributed by atoms with Gasteiger partial charge in [-0.2, -0.15) is 0 Å². The van der Waals surface area contributed by atoms with E-state index in [-0.39, 0.29) is 12.5 Å². The topological polar surface area (TPSA) is 95.9 Å². The van der Waals surface area contributed by atoms with Crippen LogP contribution in [-0.2, 0) is 14.3 Å². The number of carbonyl (C=O) groups is 3. The Kier molecular flexibility index (Phi) is 6.45. The molecule has 0 saturated carbocycles. The average molecular weight is 300 g/mol. The number of nitrogens with one attached hydrogen (secondary N) is 1. The number of rotatable bonds is 5. The molecule has 21 heavy (non-hydrogen) atoms. The van der Waals surface area contributed by atoms with Crippen LogP contribution < -0.4 is 5.32 Å². The number of ether oxygens (including phenoxy) is 1. The summed E-state index contributed by atoms with van der Waals surface area (Å²) in [5, 5.41) is 11.7. The Labute approximate surface area is 124 Å². The SMILES string of the molecule is COC(=O)C(CC(C)C)NC(=O)N1CCCC(C(=O)O)C1. The minimum absolute atomic E-state index is 0.177. The quantitative estimate of drug-likeness (QED) is 0.741. The Morgan fingerprint density at radius 1 is 1.38 bits per heavy atom. The smallest absolute Gasteiger partial charge is 0.328 e. The molecule has 7 heteroatoms. The van der Waals surface area contributed by atoms with Crippen LogP contribution in [0.25, 0.3) is 0 Å². The van der Waals surface area contributed by atoms with E-state index in [2.05, 4.69) is 5.32 Å². The fourth-order valence-corrected chi connectivity index (χ4v) is 2.43. The third-order valence-corrected chi connectivity index (χ3v) is 3.55. The summed E-state index contributed by atoms with van der Waals surface area (Å²) in [7, 11) is 1.28. The van der Waals surface area contributed by atoms with Gasteiger partial charge in [0.05, 0.1) is 13.0 Å². The van der Waals surface area contributed by atoms with E-state index >= 15 is 0 Å². The number of amides is 2. The summed E-state index contributed by atoms with van der Waals surface area (Å²) < 4.78 is 4.69. The van der Waals surface area contributed by atoms with Crippen molar-refractivity contribution in [3.8, 4) is 0 Å². The molecule has 2 atom stereocenters. The monoisotopic (exact) mass is 300 g/mol. The summed E-state index contributed by atoms with van der Waals surface area (Å²) in [6.45, 7) is 4.58.